The molecule has 2 aromatic rings. The van der Waals surface area contributed by atoms with E-state index in [9.17, 15) is 14.5 Å². The van der Waals surface area contributed by atoms with Crippen molar-refractivity contribution >= 4 is 30.8 Å². The lowest BCUT2D eigenvalue weighted by molar-refractivity contribution is -0.157. The van der Waals surface area contributed by atoms with E-state index in [1.54, 1.807) is 0 Å². The predicted molar refractivity (Wildman–Crippen MR) is 91.2 cm³/mol. The second kappa shape index (κ2) is 7.67. The molecule has 0 aromatic carbocycles. The third-order valence-corrected chi connectivity index (χ3v) is 4.49. The number of fused-ring (bicyclic) bond motifs is 1. The third kappa shape index (κ3) is 4.12. The van der Waals surface area contributed by atoms with Crippen LogP contribution >= 0.6 is 7.82 Å². The molecule has 0 unspecified atom stereocenters. The predicted octanol–water partition coefficient (Wildman–Crippen LogP) is -1.96. The molecule has 3 rings (SSSR count). The van der Waals surface area contributed by atoms with Crippen LogP contribution in [0.1, 0.15) is 13.2 Å². The van der Waals surface area contributed by atoms with E-state index < -0.39 is 51.0 Å². The number of phosphoric ester groups is 1. The number of esters is 1. The molecule has 0 radical (unpaired) electrons. The van der Waals surface area contributed by atoms with Gasteiger partial charge < -0.3 is 35.8 Å². The lowest BCUT2D eigenvalue weighted by atomic mass is 10.1. The highest BCUT2D eigenvalue weighted by molar-refractivity contribution is 7.46. The van der Waals surface area contributed by atoms with Crippen molar-refractivity contribution in [3.05, 3.63) is 12.7 Å². The molecule has 28 heavy (non-hydrogen) atoms. The molecule has 1 aliphatic heterocycles. The minimum atomic E-state index is -4.83. The Bertz CT molecular complexity index is 916. The van der Waals surface area contributed by atoms with Gasteiger partial charge in [0.05, 0.1) is 12.9 Å². The normalized spacial score (nSPS) is 26.5. The van der Waals surface area contributed by atoms with Gasteiger partial charge in [-0.05, 0) is 6.92 Å². The zero-order valence-electron chi connectivity index (χ0n) is 14.5. The van der Waals surface area contributed by atoms with Crippen LogP contribution in [-0.4, -0.2) is 71.3 Å². The number of rotatable bonds is 6. The van der Waals surface area contributed by atoms with Gasteiger partial charge in [-0.3, -0.25) is 13.9 Å². The number of aromatic nitrogens is 4. The molecule has 5 atom stereocenters. The Balaban J connectivity index is 1.90. The first-order valence-electron chi connectivity index (χ1n) is 8.01. The number of phosphoric acid groups is 1. The van der Waals surface area contributed by atoms with Crippen LogP contribution in [-0.2, 0) is 23.4 Å². The van der Waals surface area contributed by atoms with Gasteiger partial charge in [-0.15, -0.1) is 0 Å². The molecule has 1 fully saturated rings. The maximum Gasteiger partial charge on any atom is 0.469 e. The van der Waals surface area contributed by atoms with E-state index in [0.717, 1.165) is 0 Å². The summed E-state index contributed by atoms with van der Waals surface area (Å²) in [7, 11) is -4.83. The lowest BCUT2D eigenvalue weighted by Gasteiger charge is -2.21. The van der Waals surface area contributed by atoms with E-state index in [-0.39, 0.29) is 17.0 Å². The maximum atomic E-state index is 11.9. The first kappa shape index (κ1) is 20.5. The standard InChI is InChI=1S/C13H19N6O8P/c1-5(14)13(21)27-9-6(2-25-28(22,23)24)26-12(8(9)20)19-4-18-7-10(15)16-3-17-11(7)19/h3-6,8-9,12,20H,2,14H2,1H3,(H2,15,16,17)(H2,22,23,24)/t5-,6+,8+,9+,12+/m0/s1. The van der Waals surface area contributed by atoms with E-state index in [2.05, 4.69) is 19.5 Å². The molecule has 0 saturated carbocycles. The number of nitrogens with zero attached hydrogens (tertiary/aromatic N) is 4. The van der Waals surface area contributed by atoms with Crippen molar-refractivity contribution in [2.75, 3.05) is 12.3 Å². The first-order valence-corrected chi connectivity index (χ1v) is 9.54. The molecule has 7 N–H and O–H groups in total. The molecule has 0 spiro atoms. The van der Waals surface area contributed by atoms with Crippen LogP contribution in [0.3, 0.4) is 0 Å². The fraction of sp³-hybridized carbons (Fsp3) is 0.538. The van der Waals surface area contributed by atoms with Gasteiger partial charge in [-0.1, -0.05) is 0 Å². The van der Waals surface area contributed by atoms with Crippen molar-refractivity contribution in [2.24, 2.45) is 5.73 Å². The Hall–Kier alpha value is -2.19. The van der Waals surface area contributed by atoms with Gasteiger partial charge in [0.25, 0.3) is 0 Å². The fourth-order valence-electron chi connectivity index (χ4n) is 2.70. The number of imidazole rings is 1. The summed E-state index contributed by atoms with van der Waals surface area (Å²) in [4.78, 5) is 41.6. The number of nitrogen functional groups attached to an aromatic ring is 1. The summed E-state index contributed by atoms with van der Waals surface area (Å²) in [6, 6.07) is -0.990. The van der Waals surface area contributed by atoms with Crippen LogP contribution in [0.4, 0.5) is 5.82 Å². The van der Waals surface area contributed by atoms with E-state index in [1.165, 1.54) is 24.1 Å². The Labute approximate surface area is 157 Å². The van der Waals surface area contributed by atoms with Gasteiger partial charge in [0.2, 0.25) is 0 Å². The Morgan fingerprint density at radius 1 is 1.43 bits per heavy atom. The average Bonchev–Trinajstić information content (AvgIpc) is 3.15. The molecule has 14 nitrogen and oxygen atoms in total. The van der Waals surface area contributed by atoms with Crippen LogP contribution in [0.2, 0.25) is 0 Å². The van der Waals surface area contributed by atoms with Crippen molar-refractivity contribution in [3.8, 4) is 0 Å². The topological polar surface area (TPSA) is 218 Å². The number of carbonyl (C=O) groups excluding carboxylic acids is 1. The quantitative estimate of drug-likeness (QED) is 0.254. The largest absolute Gasteiger partial charge is 0.469 e. The zero-order chi connectivity index (χ0) is 20.6. The molecule has 1 saturated heterocycles. The molecule has 154 valence electrons. The second-order valence-electron chi connectivity index (χ2n) is 6.12. The Morgan fingerprint density at radius 3 is 2.79 bits per heavy atom. The molecule has 0 bridgehead atoms. The first-order chi connectivity index (χ1) is 13.1. The lowest BCUT2D eigenvalue weighted by Crippen LogP contribution is -2.42. The van der Waals surface area contributed by atoms with Gasteiger partial charge in [0, 0.05) is 0 Å². The monoisotopic (exact) mass is 418 g/mol. The Morgan fingerprint density at radius 2 is 2.14 bits per heavy atom. The van der Waals surface area contributed by atoms with Crippen molar-refractivity contribution < 1.29 is 38.3 Å². The summed E-state index contributed by atoms with van der Waals surface area (Å²) in [5, 5.41) is 10.7. The number of carbonyl (C=O) groups is 1. The molecular weight excluding hydrogens is 399 g/mol. The van der Waals surface area contributed by atoms with E-state index >= 15 is 0 Å². The van der Waals surface area contributed by atoms with Gasteiger partial charge in [-0.2, -0.15) is 0 Å². The van der Waals surface area contributed by atoms with Crippen LogP contribution in [0.25, 0.3) is 11.2 Å². The fourth-order valence-corrected chi connectivity index (χ4v) is 3.04. The van der Waals surface area contributed by atoms with Gasteiger partial charge in [0.15, 0.2) is 23.8 Å². The van der Waals surface area contributed by atoms with E-state index in [4.69, 9.17) is 30.7 Å². The molecule has 2 aromatic heterocycles. The number of hydrogen-bond acceptors (Lipinski definition) is 11. The van der Waals surface area contributed by atoms with Crippen molar-refractivity contribution in [1.82, 2.24) is 19.5 Å². The smallest absolute Gasteiger partial charge is 0.455 e. The second-order valence-corrected chi connectivity index (χ2v) is 7.35. The maximum absolute atomic E-state index is 11.9. The van der Waals surface area contributed by atoms with Crippen LogP contribution in [0.15, 0.2) is 12.7 Å². The summed E-state index contributed by atoms with van der Waals surface area (Å²) in [5.41, 5.74) is 11.7. The molecule has 1 aliphatic rings. The summed E-state index contributed by atoms with van der Waals surface area (Å²) >= 11 is 0. The van der Waals surface area contributed by atoms with Crippen LogP contribution in [0.5, 0.6) is 0 Å². The van der Waals surface area contributed by atoms with Crippen molar-refractivity contribution in [2.45, 2.75) is 37.5 Å². The number of aliphatic hydroxyl groups excluding tert-OH is 1. The van der Waals surface area contributed by atoms with Gasteiger partial charge in [0.1, 0.15) is 30.1 Å². The molecule has 0 amide bonds. The average molecular weight is 418 g/mol. The third-order valence-electron chi connectivity index (χ3n) is 4.00. The summed E-state index contributed by atoms with van der Waals surface area (Å²) in [6.45, 7) is 0.727. The molecule has 15 heteroatoms. The molecule has 3 heterocycles. The van der Waals surface area contributed by atoms with Crippen molar-refractivity contribution in [3.63, 3.8) is 0 Å². The minimum Gasteiger partial charge on any atom is -0.455 e. The summed E-state index contributed by atoms with van der Waals surface area (Å²) in [5.74, 6) is -0.728. The highest BCUT2D eigenvalue weighted by Crippen LogP contribution is 2.39. The van der Waals surface area contributed by atoms with Crippen LogP contribution in [0, 0.1) is 0 Å². The number of nitrogens with two attached hydrogens (primary N) is 2. The molecule has 0 aliphatic carbocycles. The van der Waals surface area contributed by atoms with E-state index in [0.29, 0.717) is 0 Å². The summed E-state index contributed by atoms with van der Waals surface area (Å²) in [6.07, 6.45) is -2.63. The molecular formula is C13H19N6O8P. The highest BCUT2D eigenvalue weighted by Gasteiger charge is 2.48. The van der Waals surface area contributed by atoms with Gasteiger partial charge >= 0.3 is 13.8 Å². The van der Waals surface area contributed by atoms with Crippen LogP contribution < -0.4 is 11.5 Å². The number of anilines is 1. The number of ether oxygens (including phenoxy) is 2. The van der Waals surface area contributed by atoms with E-state index in [1.807, 2.05) is 0 Å². The minimum absolute atomic E-state index is 0.109. The van der Waals surface area contributed by atoms with Crippen molar-refractivity contribution in [1.29, 1.82) is 0 Å². The number of hydrogen-bond donors (Lipinski definition) is 5. The highest BCUT2D eigenvalue weighted by atomic mass is 31.2. The van der Waals surface area contributed by atoms with Gasteiger partial charge in [-0.25, -0.2) is 19.5 Å². The SMILES string of the molecule is C[C@H](N)C(=O)O[C@H]1[C@@H](O)[C@H](n2cnc3c(N)ncnc32)O[C@@H]1COP(=O)(O)O. The zero-order valence-corrected chi connectivity index (χ0v) is 15.4. The Kier molecular flexibility index (Phi) is 5.63. The summed E-state index contributed by atoms with van der Waals surface area (Å²) < 4.78 is 27.6. The number of aliphatic hydroxyl groups is 1.